The Bertz CT molecular complexity index is 704. The van der Waals surface area contributed by atoms with Crippen molar-refractivity contribution in [1.29, 1.82) is 0 Å². The van der Waals surface area contributed by atoms with E-state index in [-0.39, 0.29) is 24.0 Å². The number of hydrogen-bond donors (Lipinski definition) is 2. The third-order valence-corrected chi connectivity index (χ3v) is 4.03. The first-order valence-electron chi connectivity index (χ1n) is 8.70. The lowest BCUT2D eigenvalue weighted by Gasteiger charge is -2.13. The molecule has 1 heterocycles. The Morgan fingerprint density at radius 1 is 1.15 bits per heavy atom. The van der Waals surface area contributed by atoms with Gasteiger partial charge in [0, 0.05) is 30.4 Å². The molecule has 1 aromatic carbocycles. The van der Waals surface area contributed by atoms with Crippen LogP contribution in [0.1, 0.15) is 29.3 Å². The van der Waals surface area contributed by atoms with Crippen molar-refractivity contribution in [2.75, 3.05) is 20.2 Å². The number of aryl methyl sites for hydroxylation is 1. The minimum absolute atomic E-state index is 0. The molecule has 0 radical (unpaired) electrons. The number of hydrogen-bond acceptors (Lipinski definition) is 3. The second-order valence-electron chi connectivity index (χ2n) is 5.90. The van der Waals surface area contributed by atoms with Crippen molar-refractivity contribution in [2.24, 2.45) is 4.99 Å². The summed E-state index contributed by atoms with van der Waals surface area (Å²) in [5.41, 5.74) is 4.33. The van der Waals surface area contributed by atoms with Crippen LogP contribution in [-0.2, 0) is 13.0 Å². The highest BCUT2D eigenvalue weighted by Gasteiger charge is 2.09. The van der Waals surface area contributed by atoms with Gasteiger partial charge in [-0.2, -0.15) is 0 Å². The number of aliphatic imine (C=N–C) groups is 1. The van der Waals surface area contributed by atoms with E-state index in [1.807, 2.05) is 26.1 Å². The van der Waals surface area contributed by atoms with Gasteiger partial charge in [-0.05, 0) is 32.8 Å². The van der Waals surface area contributed by atoms with Crippen molar-refractivity contribution in [3.05, 3.63) is 58.9 Å². The fourth-order valence-corrected chi connectivity index (χ4v) is 2.70. The van der Waals surface area contributed by atoms with Crippen LogP contribution >= 0.6 is 24.0 Å². The summed E-state index contributed by atoms with van der Waals surface area (Å²) in [6.07, 6.45) is 2.80. The molecule has 0 aliphatic rings. The van der Waals surface area contributed by atoms with Gasteiger partial charge < -0.3 is 15.4 Å². The number of benzene rings is 1. The van der Waals surface area contributed by atoms with Crippen LogP contribution in [0.25, 0.3) is 0 Å². The molecule has 0 fully saturated rings. The molecule has 2 aromatic rings. The predicted molar refractivity (Wildman–Crippen MR) is 119 cm³/mol. The first-order valence-corrected chi connectivity index (χ1v) is 8.70. The molecule has 0 amide bonds. The normalized spacial score (nSPS) is 10.8. The maximum Gasteiger partial charge on any atom is 0.191 e. The van der Waals surface area contributed by atoms with E-state index in [2.05, 4.69) is 51.8 Å². The molecule has 0 bridgehead atoms. The van der Waals surface area contributed by atoms with E-state index in [9.17, 15) is 0 Å². The third-order valence-electron chi connectivity index (χ3n) is 4.03. The summed E-state index contributed by atoms with van der Waals surface area (Å²) in [5, 5.41) is 6.66. The predicted octanol–water partition coefficient (Wildman–Crippen LogP) is 3.62. The zero-order valence-electron chi connectivity index (χ0n) is 16.0. The first-order chi connectivity index (χ1) is 12.2. The second-order valence-corrected chi connectivity index (χ2v) is 5.90. The Balaban J connectivity index is 0.00000338. The molecule has 0 spiro atoms. The monoisotopic (exact) mass is 468 g/mol. The minimum atomic E-state index is 0. The van der Waals surface area contributed by atoms with Crippen molar-refractivity contribution in [2.45, 2.75) is 33.7 Å². The average molecular weight is 468 g/mol. The lowest BCUT2D eigenvalue weighted by atomic mass is 10.1. The largest absolute Gasteiger partial charge is 0.496 e. The van der Waals surface area contributed by atoms with Crippen LogP contribution in [0.3, 0.4) is 0 Å². The Morgan fingerprint density at radius 3 is 2.54 bits per heavy atom. The highest BCUT2D eigenvalue weighted by Crippen LogP contribution is 2.24. The van der Waals surface area contributed by atoms with Gasteiger partial charge >= 0.3 is 0 Å². The van der Waals surface area contributed by atoms with Crippen molar-refractivity contribution in [1.82, 2.24) is 15.6 Å². The highest BCUT2D eigenvalue weighted by atomic mass is 127. The maximum atomic E-state index is 5.46. The standard InChI is InChI=1S/C20H28N4O.HI/c1-5-21-20(22-12-11-17-9-7-6-8-10-17)24-14-18-16(3)19(25-4)15(2)13-23-18;/h6-10,13H,5,11-12,14H2,1-4H3,(H2,21,22,24);1H. The third kappa shape index (κ3) is 6.48. The summed E-state index contributed by atoms with van der Waals surface area (Å²) < 4.78 is 5.46. The minimum Gasteiger partial charge on any atom is -0.496 e. The molecular weight excluding hydrogens is 439 g/mol. The van der Waals surface area contributed by atoms with Crippen LogP contribution in [0.5, 0.6) is 5.75 Å². The molecule has 6 heteroatoms. The number of rotatable bonds is 7. The van der Waals surface area contributed by atoms with Gasteiger partial charge in [0.05, 0.1) is 19.3 Å². The van der Waals surface area contributed by atoms with Crippen molar-refractivity contribution in [3.8, 4) is 5.75 Å². The van der Waals surface area contributed by atoms with Crippen molar-refractivity contribution >= 4 is 29.9 Å². The number of halogens is 1. The van der Waals surface area contributed by atoms with Gasteiger partial charge in [0.15, 0.2) is 5.96 Å². The van der Waals surface area contributed by atoms with Gasteiger partial charge in [0.1, 0.15) is 5.75 Å². The van der Waals surface area contributed by atoms with Crippen LogP contribution in [-0.4, -0.2) is 31.1 Å². The fourth-order valence-electron chi connectivity index (χ4n) is 2.70. The number of methoxy groups -OCH3 is 1. The van der Waals surface area contributed by atoms with E-state index < -0.39 is 0 Å². The Labute approximate surface area is 173 Å². The number of pyridine rings is 1. The molecule has 0 saturated carbocycles. The van der Waals surface area contributed by atoms with Crippen molar-refractivity contribution < 1.29 is 4.74 Å². The number of nitrogens with one attached hydrogen (secondary N) is 2. The SMILES string of the molecule is CCNC(=NCc1ncc(C)c(OC)c1C)NCCc1ccccc1.I. The zero-order valence-corrected chi connectivity index (χ0v) is 18.3. The summed E-state index contributed by atoms with van der Waals surface area (Å²) in [5.74, 6) is 1.70. The number of guanidine groups is 1. The summed E-state index contributed by atoms with van der Waals surface area (Å²) in [7, 11) is 1.69. The van der Waals surface area contributed by atoms with Crippen LogP contribution in [0.15, 0.2) is 41.5 Å². The van der Waals surface area contributed by atoms with E-state index in [0.717, 1.165) is 48.0 Å². The molecule has 2 N–H and O–H groups in total. The highest BCUT2D eigenvalue weighted by molar-refractivity contribution is 14.0. The van der Waals surface area contributed by atoms with Crippen LogP contribution in [0, 0.1) is 13.8 Å². The molecular formula is C20H29IN4O. The number of aromatic nitrogens is 1. The van der Waals surface area contributed by atoms with Crippen LogP contribution < -0.4 is 15.4 Å². The van der Waals surface area contributed by atoms with Gasteiger partial charge in [-0.3, -0.25) is 4.98 Å². The molecule has 0 atom stereocenters. The smallest absolute Gasteiger partial charge is 0.191 e. The summed E-state index contributed by atoms with van der Waals surface area (Å²) in [4.78, 5) is 9.16. The molecule has 1 aromatic heterocycles. The Morgan fingerprint density at radius 2 is 1.88 bits per heavy atom. The van der Waals surface area contributed by atoms with E-state index in [4.69, 9.17) is 4.74 Å². The average Bonchev–Trinajstić information content (AvgIpc) is 2.62. The molecule has 0 unspecified atom stereocenters. The molecule has 5 nitrogen and oxygen atoms in total. The molecule has 0 aliphatic carbocycles. The fraction of sp³-hybridized carbons (Fsp3) is 0.400. The van der Waals surface area contributed by atoms with E-state index in [1.54, 1.807) is 7.11 Å². The molecule has 0 aliphatic heterocycles. The molecule has 2 rings (SSSR count). The van der Waals surface area contributed by atoms with Gasteiger partial charge in [-0.1, -0.05) is 30.3 Å². The van der Waals surface area contributed by atoms with E-state index in [1.165, 1.54) is 5.56 Å². The quantitative estimate of drug-likeness (QED) is 0.370. The lowest BCUT2D eigenvalue weighted by molar-refractivity contribution is 0.407. The van der Waals surface area contributed by atoms with E-state index >= 15 is 0 Å². The van der Waals surface area contributed by atoms with Crippen molar-refractivity contribution in [3.63, 3.8) is 0 Å². The zero-order chi connectivity index (χ0) is 18.1. The maximum absolute atomic E-state index is 5.46. The molecule has 142 valence electrons. The summed E-state index contributed by atoms with van der Waals surface area (Å²) >= 11 is 0. The van der Waals surface area contributed by atoms with Crippen LogP contribution in [0.2, 0.25) is 0 Å². The summed E-state index contributed by atoms with van der Waals surface area (Å²) in [6.45, 7) is 8.26. The van der Waals surface area contributed by atoms with Gasteiger partial charge in [0.2, 0.25) is 0 Å². The molecule has 0 saturated heterocycles. The van der Waals surface area contributed by atoms with E-state index in [0.29, 0.717) is 6.54 Å². The summed E-state index contributed by atoms with van der Waals surface area (Å²) in [6, 6.07) is 10.4. The van der Waals surface area contributed by atoms with Gasteiger partial charge in [-0.25, -0.2) is 4.99 Å². The van der Waals surface area contributed by atoms with Gasteiger partial charge in [-0.15, -0.1) is 24.0 Å². The lowest BCUT2D eigenvalue weighted by Crippen LogP contribution is -2.38. The molecule has 26 heavy (non-hydrogen) atoms. The first kappa shape index (κ1) is 22.2. The Hall–Kier alpha value is -1.83. The topological polar surface area (TPSA) is 58.5 Å². The Kier molecular flexibility index (Phi) is 10.0. The second kappa shape index (κ2) is 11.7. The van der Waals surface area contributed by atoms with Gasteiger partial charge in [0.25, 0.3) is 0 Å². The van der Waals surface area contributed by atoms with Crippen LogP contribution in [0.4, 0.5) is 0 Å². The number of ether oxygens (including phenoxy) is 1. The number of nitrogens with zero attached hydrogens (tertiary/aromatic N) is 2.